The van der Waals surface area contributed by atoms with Crippen molar-refractivity contribution < 1.29 is 9.53 Å². The summed E-state index contributed by atoms with van der Waals surface area (Å²) in [6.45, 7) is 2.64. The van der Waals surface area contributed by atoms with Crippen LogP contribution in [0.2, 0.25) is 0 Å². The minimum Gasteiger partial charge on any atom is -0.494 e. The molecule has 0 spiro atoms. The zero-order valence-corrected chi connectivity index (χ0v) is 14.0. The van der Waals surface area contributed by atoms with Gasteiger partial charge in [0.05, 0.1) is 12.0 Å². The number of carbonyl (C=O) groups excluding carboxylic acids is 1. The zero-order chi connectivity index (χ0) is 15.9. The monoisotopic (exact) mass is 313 g/mol. The number of ether oxygens (including phenoxy) is 1. The third kappa shape index (κ3) is 2.86. The van der Waals surface area contributed by atoms with Gasteiger partial charge >= 0.3 is 0 Å². The first-order valence-electron chi connectivity index (χ1n) is 9.21. The number of anilines is 1. The molecule has 4 aliphatic carbocycles. The lowest BCUT2D eigenvalue weighted by atomic mass is 9.61. The van der Waals surface area contributed by atoms with Gasteiger partial charge in [0.15, 0.2) is 0 Å². The smallest absolute Gasteiger partial charge is 0.230 e. The van der Waals surface area contributed by atoms with E-state index >= 15 is 0 Å². The molecule has 4 fully saturated rings. The second kappa shape index (κ2) is 5.85. The molecular formula is C20H27NO2. The average molecular weight is 313 g/mol. The maximum atomic E-state index is 13.1. The standard InChI is InChI=1S/C20H27NO2/c1-2-23-18-5-3-17(4-6-18)21-19(22)20-8-7-14-9-15(12-20)11-16(10-14)13-20/h3-6,14-16H,2,7-13H2,1H3,(H,21,22)/t14?,15-,16+,20?. The summed E-state index contributed by atoms with van der Waals surface area (Å²) in [6.07, 6.45) is 8.68. The van der Waals surface area contributed by atoms with Crippen molar-refractivity contribution in [2.75, 3.05) is 11.9 Å². The van der Waals surface area contributed by atoms with E-state index in [9.17, 15) is 4.79 Å². The number of benzene rings is 1. The number of fused-ring (bicyclic) bond motifs is 1. The van der Waals surface area contributed by atoms with Crippen molar-refractivity contribution >= 4 is 11.6 Å². The minimum absolute atomic E-state index is 0.0998. The molecule has 4 atom stereocenters. The maximum Gasteiger partial charge on any atom is 0.230 e. The van der Waals surface area contributed by atoms with E-state index in [4.69, 9.17) is 4.74 Å². The lowest BCUT2D eigenvalue weighted by Gasteiger charge is -2.44. The van der Waals surface area contributed by atoms with E-state index in [1.54, 1.807) is 0 Å². The van der Waals surface area contributed by atoms with Crippen LogP contribution in [-0.4, -0.2) is 12.5 Å². The van der Waals surface area contributed by atoms with Gasteiger partial charge in [-0.3, -0.25) is 4.79 Å². The Morgan fingerprint density at radius 3 is 2.43 bits per heavy atom. The van der Waals surface area contributed by atoms with Gasteiger partial charge in [-0.15, -0.1) is 0 Å². The van der Waals surface area contributed by atoms with Crippen LogP contribution in [0, 0.1) is 23.2 Å². The van der Waals surface area contributed by atoms with Gasteiger partial charge in [-0.2, -0.15) is 0 Å². The molecule has 1 aromatic carbocycles. The van der Waals surface area contributed by atoms with Gasteiger partial charge in [-0.1, -0.05) is 0 Å². The van der Waals surface area contributed by atoms with Gasteiger partial charge < -0.3 is 10.1 Å². The summed E-state index contributed by atoms with van der Waals surface area (Å²) in [4.78, 5) is 13.1. The quantitative estimate of drug-likeness (QED) is 0.880. The Labute approximate surface area is 138 Å². The molecule has 1 N–H and O–H groups in total. The van der Waals surface area contributed by atoms with Gasteiger partial charge in [0, 0.05) is 5.69 Å². The largest absolute Gasteiger partial charge is 0.494 e. The average Bonchev–Trinajstić information content (AvgIpc) is 2.74. The number of amides is 1. The molecule has 0 radical (unpaired) electrons. The molecule has 124 valence electrons. The van der Waals surface area contributed by atoms with E-state index in [1.807, 2.05) is 31.2 Å². The van der Waals surface area contributed by atoms with E-state index in [-0.39, 0.29) is 11.3 Å². The fourth-order valence-electron chi connectivity index (χ4n) is 5.51. The fraction of sp³-hybridized carbons (Fsp3) is 0.650. The fourth-order valence-corrected chi connectivity index (χ4v) is 5.51. The highest BCUT2D eigenvalue weighted by molar-refractivity contribution is 5.95. The van der Waals surface area contributed by atoms with Crippen molar-refractivity contribution in [3.05, 3.63) is 24.3 Å². The second-order valence-electron chi connectivity index (χ2n) is 7.94. The maximum absolute atomic E-state index is 13.1. The lowest BCUT2D eigenvalue weighted by Crippen LogP contribution is -2.42. The van der Waals surface area contributed by atoms with Crippen LogP contribution >= 0.6 is 0 Å². The van der Waals surface area contributed by atoms with Crippen LogP contribution in [0.1, 0.15) is 51.9 Å². The second-order valence-corrected chi connectivity index (χ2v) is 7.94. The minimum atomic E-state index is -0.0998. The first kappa shape index (κ1) is 15.0. The van der Waals surface area contributed by atoms with E-state index in [0.29, 0.717) is 6.61 Å². The normalized spacial score (nSPS) is 34.9. The summed E-state index contributed by atoms with van der Waals surface area (Å²) in [5.41, 5.74) is 0.795. The van der Waals surface area contributed by atoms with Crippen molar-refractivity contribution in [2.45, 2.75) is 51.9 Å². The molecule has 0 aliphatic heterocycles. The van der Waals surface area contributed by atoms with Gasteiger partial charge in [-0.25, -0.2) is 0 Å². The van der Waals surface area contributed by atoms with Gasteiger partial charge in [0.2, 0.25) is 5.91 Å². The third-order valence-electron chi connectivity index (χ3n) is 6.29. The topological polar surface area (TPSA) is 38.3 Å². The highest BCUT2D eigenvalue weighted by Gasteiger charge is 2.51. The molecule has 4 bridgehead atoms. The van der Waals surface area contributed by atoms with Crippen molar-refractivity contribution in [2.24, 2.45) is 23.2 Å². The van der Waals surface area contributed by atoms with E-state index in [1.165, 1.54) is 25.7 Å². The third-order valence-corrected chi connectivity index (χ3v) is 6.29. The van der Waals surface area contributed by atoms with E-state index in [2.05, 4.69) is 5.32 Å². The summed E-state index contributed by atoms with van der Waals surface area (Å²) in [7, 11) is 0. The predicted octanol–water partition coefficient (Wildman–Crippen LogP) is 4.63. The molecule has 1 amide bonds. The summed E-state index contributed by atoms with van der Waals surface area (Å²) in [5.74, 6) is 3.60. The number of rotatable bonds is 4. The lowest BCUT2D eigenvalue weighted by molar-refractivity contribution is -0.130. The molecule has 3 heteroatoms. The number of hydrogen-bond donors (Lipinski definition) is 1. The molecule has 0 heterocycles. The summed E-state index contributed by atoms with van der Waals surface area (Å²) in [5, 5.41) is 3.20. The summed E-state index contributed by atoms with van der Waals surface area (Å²) in [6, 6.07) is 7.78. The van der Waals surface area contributed by atoms with Crippen LogP contribution < -0.4 is 10.1 Å². The predicted molar refractivity (Wildman–Crippen MR) is 91.5 cm³/mol. The Bertz CT molecular complexity index is 566. The first-order valence-corrected chi connectivity index (χ1v) is 9.21. The molecule has 23 heavy (non-hydrogen) atoms. The molecular weight excluding hydrogens is 286 g/mol. The van der Waals surface area contributed by atoms with Crippen LogP contribution in [0.3, 0.4) is 0 Å². The van der Waals surface area contributed by atoms with Crippen molar-refractivity contribution in [1.82, 2.24) is 0 Å². The van der Waals surface area contributed by atoms with Crippen LogP contribution in [0.4, 0.5) is 5.69 Å². The molecule has 0 aromatic heterocycles. The van der Waals surface area contributed by atoms with E-state index in [0.717, 1.165) is 48.5 Å². The Kier molecular flexibility index (Phi) is 3.82. The number of carbonyl (C=O) groups is 1. The van der Waals surface area contributed by atoms with Crippen LogP contribution in [0.5, 0.6) is 5.75 Å². The van der Waals surface area contributed by atoms with Crippen LogP contribution in [0.25, 0.3) is 0 Å². The van der Waals surface area contributed by atoms with Gasteiger partial charge in [0.25, 0.3) is 0 Å². The van der Waals surface area contributed by atoms with Crippen molar-refractivity contribution in [3.8, 4) is 5.75 Å². The zero-order valence-electron chi connectivity index (χ0n) is 14.0. The Hall–Kier alpha value is -1.51. The highest BCUT2D eigenvalue weighted by Crippen LogP contribution is 2.57. The SMILES string of the molecule is CCOc1ccc(NC(=O)C23CCC4C[C@H](C[C@H](C4)C2)C3)cc1. The molecule has 5 rings (SSSR count). The molecule has 4 aliphatic rings. The Balaban J connectivity index is 1.49. The molecule has 0 saturated heterocycles. The van der Waals surface area contributed by atoms with E-state index < -0.39 is 0 Å². The molecule has 2 unspecified atom stereocenters. The molecule has 1 aromatic rings. The van der Waals surface area contributed by atoms with Crippen molar-refractivity contribution in [1.29, 1.82) is 0 Å². The Morgan fingerprint density at radius 1 is 1.13 bits per heavy atom. The first-order chi connectivity index (χ1) is 11.2. The summed E-state index contributed by atoms with van der Waals surface area (Å²) < 4.78 is 5.47. The molecule has 3 nitrogen and oxygen atoms in total. The highest BCUT2D eigenvalue weighted by atomic mass is 16.5. The van der Waals surface area contributed by atoms with Crippen LogP contribution in [0.15, 0.2) is 24.3 Å². The number of nitrogens with one attached hydrogen (secondary N) is 1. The Morgan fingerprint density at radius 2 is 1.78 bits per heavy atom. The van der Waals surface area contributed by atoms with Crippen LogP contribution in [-0.2, 0) is 4.79 Å². The van der Waals surface area contributed by atoms with Gasteiger partial charge in [-0.05, 0) is 93.9 Å². The van der Waals surface area contributed by atoms with Gasteiger partial charge in [0.1, 0.15) is 5.75 Å². The molecule has 4 saturated carbocycles. The number of hydrogen-bond acceptors (Lipinski definition) is 2. The van der Waals surface area contributed by atoms with Crippen molar-refractivity contribution in [3.63, 3.8) is 0 Å². The summed E-state index contributed by atoms with van der Waals surface area (Å²) >= 11 is 0.